The molecule has 0 spiro atoms. The maximum atomic E-state index is 5.43. The SMILES string of the molecule is CC.Cc1ccc(N)cc1.Nc1ccccc1. The zero-order valence-corrected chi connectivity index (χ0v) is 10.9. The van der Waals surface area contributed by atoms with Crippen LogP contribution in [0.25, 0.3) is 0 Å². The van der Waals surface area contributed by atoms with Crippen LogP contribution in [-0.4, -0.2) is 0 Å². The number of para-hydroxylation sites is 1. The normalized spacial score (nSPS) is 8.18. The third kappa shape index (κ3) is 7.91. The summed E-state index contributed by atoms with van der Waals surface area (Å²) in [4.78, 5) is 0. The third-order valence-corrected chi connectivity index (χ3v) is 1.88. The second kappa shape index (κ2) is 9.28. The summed E-state index contributed by atoms with van der Waals surface area (Å²) in [5, 5.41) is 0. The minimum atomic E-state index is 0.822. The molecule has 92 valence electrons. The van der Waals surface area contributed by atoms with Gasteiger partial charge in [0.25, 0.3) is 0 Å². The van der Waals surface area contributed by atoms with Crippen LogP contribution in [-0.2, 0) is 0 Å². The summed E-state index contributed by atoms with van der Waals surface area (Å²) < 4.78 is 0. The number of anilines is 2. The molecule has 2 aromatic rings. The zero-order chi connectivity index (χ0) is 13.1. The van der Waals surface area contributed by atoms with Gasteiger partial charge in [-0.15, -0.1) is 0 Å². The van der Waals surface area contributed by atoms with Crippen LogP contribution in [0.2, 0.25) is 0 Å². The Morgan fingerprint density at radius 1 is 0.647 bits per heavy atom. The topological polar surface area (TPSA) is 52.0 Å². The van der Waals surface area contributed by atoms with Gasteiger partial charge in [0.1, 0.15) is 0 Å². The summed E-state index contributed by atoms with van der Waals surface area (Å²) in [6.07, 6.45) is 0. The monoisotopic (exact) mass is 230 g/mol. The van der Waals surface area contributed by atoms with Gasteiger partial charge in [-0.05, 0) is 31.2 Å². The maximum absolute atomic E-state index is 5.43. The second-order valence-corrected chi connectivity index (χ2v) is 3.32. The van der Waals surface area contributed by atoms with Crippen molar-refractivity contribution in [1.29, 1.82) is 0 Å². The Balaban J connectivity index is 0.000000265. The summed E-state index contributed by atoms with van der Waals surface area (Å²) in [5.74, 6) is 0. The fourth-order valence-corrected chi connectivity index (χ4v) is 1.02. The van der Waals surface area contributed by atoms with E-state index in [9.17, 15) is 0 Å². The van der Waals surface area contributed by atoms with Crippen LogP contribution in [0.1, 0.15) is 19.4 Å². The summed E-state index contributed by atoms with van der Waals surface area (Å²) in [7, 11) is 0. The van der Waals surface area contributed by atoms with Crippen LogP contribution < -0.4 is 11.5 Å². The summed E-state index contributed by atoms with van der Waals surface area (Å²) in [6, 6.07) is 17.3. The van der Waals surface area contributed by atoms with Crippen molar-refractivity contribution in [3.8, 4) is 0 Å². The van der Waals surface area contributed by atoms with Crippen LogP contribution in [0.15, 0.2) is 54.6 Å². The van der Waals surface area contributed by atoms with Gasteiger partial charge >= 0.3 is 0 Å². The first-order valence-corrected chi connectivity index (χ1v) is 5.81. The molecule has 0 saturated heterocycles. The first kappa shape index (κ1) is 15.0. The minimum Gasteiger partial charge on any atom is -0.399 e. The Hall–Kier alpha value is -1.96. The Labute approximate surface area is 104 Å². The van der Waals surface area contributed by atoms with Crippen LogP contribution in [0.3, 0.4) is 0 Å². The number of hydrogen-bond donors (Lipinski definition) is 2. The third-order valence-electron chi connectivity index (χ3n) is 1.88. The van der Waals surface area contributed by atoms with E-state index in [4.69, 9.17) is 11.5 Å². The van der Waals surface area contributed by atoms with Crippen molar-refractivity contribution in [2.24, 2.45) is 0 Å². The Morgan fingerprint density at radius 3 is 1.35 bits per heavy atom. The number of nitrogens with two attached hydrogens (primary N) is 2. The summed E-state index contributed by atoms with van der Waals surface area (Å²) >= 11 is 0. The van der Waals surface area contributed by atoms with E-state index < -0.39 is 0 Å². The number of nitrogen functional groups attached to an aromatic ring is 2. The first-order chi connectivity index (χ1) is 8.18. The first-order valence-electron chi connectivity index (χ1n) is 5.81. The highest BCUT2D eigenvalue weighted by molar-refractivity contribution is 5.38. The van der Waals surface area contributed by atoms with Crippen molar-refractivity contribution in [2.45, 2.75) is 20.8 Å². The van der Waals surface area contributed by atoms with E-state index in [2.05, 4.69) is 0 Å². The Bertz CT molecular complexity index is 358. The van der Waals surface area contributed by atoms with E-state index >= 15 is 0 Å². The van der Waals surface area contributed by atoms with Gasteiger partial charge < -0.3 is 11.5 Å². The minimum absolute atomic E-state index is 0.822. The van der Waals surface area contributed by atoms with Gasteiger partial charge in [0.15, 0.2) is 0 Å². The van der Waals surface area contributed by atoms with E-state index in [1.165, 1.54) is 5.56 Å². The van der Waals surface area contributed by atoms with Gasteiger partial charge in [-0.25, -0.2) is 0 Å². The quantitative estimate of drug-likeness (QED) is 0.675. The lowest BCUT2D eigenvalue weighted by Crippen LogP contribution is -1.81. The van der Waals surface area contributed by atoms with Gasteiger partial charge in [0.05, 0.1) is 0 Å². The van der Waals surface area contributed by atoms with Gasteiger partial charge in [-0.2, -0.15) is 0 Å². The van der Waals surface area contributed by atoms with Crippen LogP contribution in [0.5, 0.6) is 0 Å². The summed E-state index contributed by atoms with van der Waals surface area (Å²) in [6.45, 7) is 6.04. The van der Waals surface area contributed by atoms with Gasteiger partial charge in [-0.3, -0.25) is 0 Å². The molecule has 0 fully saturated rings. The van der Waals surface area contributed by atoms with Crippen molar-refractivity contribution in [2.75, 3.05) is 11.5 Å². The highest BCUT2D eigenvalue weighted by Crippen LogP contribution is 2.02. The highest BCUT2D eigenvalue weighted by atomic mass is 14.5. The molecule has 0 aliphatic carbocycles. The maximum Gasteiger partial charge on any atom is 0.0314 e. The number of rotatable bonds is 0. The molecule has 17 heavy (non-hydrogen) atoms. The lowest BCUT2D eigenvalue weighted by atomic mass is 10.2. The molecule has 2 heteroatoms. The molecule has 0 atom stereocenters. The van der Waals surface area contributed by atoms with E-state index in [0.717, 1.165) is 11.4 Å². The number of hydrogen-bond acceptors (Lipinski definition) is 2. The molecular formula is C15H22N2. The van der Waals surface area contributed by atoms with Gasteiger partial charge in [0.2, 0.25) is 0 Å². The average molecular weight is 230 g/mol. The van der Waals surface area contributed by atoms with Gasteiger partial charge in [-0.1, -0.05) is 49.7 Å². The van der Waals surface area contributed by atoms with Crippen molar-refractivity contribution < 1.29 is 0 Å². The molecule has 0 aliphatic heterocycles. The molecule has 2 nitrogen and oxygen atoms in total. The Morgan fingerprint density at radius 2 is 1.06 bits per heavy atom. The number of benzene rings is 2. The summed E-state index contributed by atoms with van der Waals surface area (Å²) in [5.41, 5.74) is 13.7. The van der Waals surface area contributed by atoms with E-state index in [1.807, 2.05) is 75.4 Å². The average Bonchev–Trinajstić information content (AvgIpc) is 2.37. The van der Waals surface area contributed by atoms with Crippen LogP contribution in [0.4, 0.5) is 11.4 Å². The predicted molar refractivity (Wildman–Crippen MR) is 77.8 cm³/mol. The molecule has 0 heterocycles. The molecule has 0 saturated carbocycles. The standard InChI is InChI=1S/C7H9N.C6H7N.C2H6/c1-6-2-4-7(8)5-3-6;7-6-4-2-1-3-5-6;1-2/h2-5H,8H2,1H3;1-5H,7H2;1-2H3. The van der Waals surface area contributed by atoms with E-state index in [1.54, 1.807) is 0 Å². The largest absolute Gasteiger partial charge is 0.399 e. The van der Waals surface area contributed by atoms with Crippen molar-refractivity contribution >= 4 is 11.4 Å². The number of aryl methyl sites for hydroxylation is 1. The highest BCUT2D eigenvalue weighted by Gasteiger charge is 1.80. The lowest BCUT2D eigenvalue weighted by molar-refractivity contribution is 1.47. The van der Waals surface area contributed by atoms with E-state index in [0.29, 0.717) is 0 Å². The molecule has 4 N–H and O–H groups in total. The van der Waals surface area contributed by atoms with Gasteiger partial charge in [0, 0.05) is 11.4 Å². The molecule has 2 rings (SSSR count). The molecule has 0 aromatic heterocycles. The molecule has 0 amide bonds. The second-order valence-electron chi connectivity index (χ2n) is 3.32. The molecule has 2 aromatic carbocycles. The van der Waals surface area contributed by atoms with Crippen LogP contribution in [0, 0.1) is 6.92 Å². The van der Waals surface area contributed by atoms with Crippen molar-refractivity contribution in [3.63, 3.8) is 0 Å². The smallest absolute Gasteiger partial charge is 0.0314 e. The molecule has 0 unspecified atom stereocenters. The van der Waals surface area contributed by atoms with Crippen molar-refractivity contribution in [1.82, 2.24) is 0 Å². The van der Waals surface area contributed by atoms with Crippen molar-refractivity contribution in [3.05, 3.63) is 60.2 Å². The molecule has 0 bridgehead atoms. The molecular weight excluding hydrogens is 208 g/mol. The molecule has 0 aliphatic rings. The fraction of sp³-hybridized carbons (Fsp3) is 0.200. The fourth-order valence-electron chi connectivity index (χ4n) is 1.02. The Kier molecular flexibility index (Phi) is 8.21. The lowest BCUT2D eigenvalue weighted by Gasteiger charge is -1.90. The van der Waals surface area contributed by atoms with E-state index in [-0.39, 0.29) is 0 Å². The zero-order valence-electron chi connectivity index (χ0n) is 10.9. The molecule has 0 radical (unpaired) electrons. The predicted octanol–water partition coefficient (Wildman–Crippen LogP) is 3.87. The van der Waals surface area contributed by atoms with Crippen LogP contribution >= 0.6 is 0 Å².